The smallest absolute Gasteiger partial charge is 0.163 e. The fraction of sp³-hybridized carbons (Fsp3) is 1.00. The molecule has 1 aliphatic heterocycles. The van der Waals surface area contributed by atoms with Crippen LogP contribution in [0.1, 0.15) is 13.3 Å². The molecule has 0 aromatic rings. The number of aliphatic hydroxyl groups excluding tert-OH is 1. The second-order valence-electron chi connectivity index (χ2n) is 2.59. The molecule has 2 atom stereocenters. The van der Waals surface area contributed by atoms with E-state index in [0.29, 0.717) is 6.04 Å². The Morgan fingerprint density at radius 1 is 1.78 bits per heavy atom. The average Bonchev–Trinajstić information content (AvgIpc) is 2.13. The molecule has 2 N–H and O–H groups in total. The van der Waals surface area contributed by atoms with E-state index < -0.39 is 6.35 Å². The van der Waals surface area contributed by atoms with Gasteiger partial charge in [-0.25, -0.2) is 0 Å². The molecule has 1 aliphatic rings. The minimum Gasteiger partial charge on any atom is -0.365 e. The highest BCUT2D eigenvalue weighted by atomic mass is 16.3. The van der Waals surface area contributed by atoms with Crippen LogP contribution in [0.3, 0.4) is 0 Å². The van der Waals surface area contributed by atoms with E-state index in [1.165, 1.54) is 0 Å². The van der Waals surface area contributed by atoms with Crippen molar-refractivity contribution in [3.05, 3.63) is 0 Å². The largest absolute Gasteiger partial charge is 0.365 e. The molecule has 1 unspecified atom stereocenters. The van der Waals surface area contributed by atoms with E-state index in [9.17, 15) is 0 Å². The third kappa shape index (κ3) is 1.41. The van der Waals surface area contributed by atoms with Gasteiger partial charge in [-0.1, -0.05) is 6.92 Å². The minimum absolute atomic E-state index is 0.421. The summed E-state index contributed by atoms with van der Waals surface area (Å²) < 4.78 is 0. The highest BCUT2D eigenvalue weighted by Gasteiger charge is 2.24. The zero-order chi connectivity index (χ0) is 6.85. The summed E-state index contributed by atoms with van der Waals surface area (Å²) in [6.45, 7) is 3.07. The Morgan fingerprint density at radius 3 is 2.67 bits per heavy atom. The lowest BCUT2D eigenvalue weighted by Gasteiger charge is -2.10. The summed E-state index contributed by atoms with van der Waals surface area (Å²) in [7, 11) is 1.91. The fourth-order valence-electron chi connectivity index (χ4n) is 1.09. The van der Waals surface area contributed by atoms with Gasteiger partial charge in [-0.15, -0.1) is 0 Å². The van der Waals surface area contributed by atoms with Gasteiger partial charge in [-0.2, -0.15) is 0 Å². The third-order valence-corrected chi connectivity index (χ3v) is 1.80. The van der Waals surface area contributed by atoms with Gasteiger partial charge in [0, 0.05) is 12.6 Å². The quantitative estimate of drug-likeness (QED) is 0.506. The molecule has 0 amide bonds. The number of aliphatic hydroxyl groups is 1. The summed E-state index contributed by atoms with van der Waals surface area (Å²) >= 11 is 0. The van der Waals surface area contributed by atoms with Crippen LogP contribution in [-0.2, 0) is 0 Å². The Kier molecular flexibility index (Phi) is 2.05. The van der Waals surface area contributed by atoms with Crippen LogP contribution < -0.4 is 5.32 Å². The molecule has 54 valence electrons. The summed E-state index contributed by atoms with van der Waals surface area (Å²) in [6.07, 6.45) is 0.663. The van der Waals surface area contributed by atoms with Gasteiger partial charge in [-0.3, -0.25) is 10.2 Å². The summed E-state index contributed by atoms with van der Waals surface area (Å²) in [5.41, 5.74) is 0. The molecule has 3 nitrogen and oxygen atoms in total. The zero-order valence-electron chi connectivity index (χ0n) is 5.96. The molecule has 9 heavy (non-hydrogen) atoms. The maximum atomic E-state index is 9.11. The molecule has 1 rings (SSSR count). The normalized spacial score (nSPS) is 37.7. The van der Waals surface area contributed by atoms with E-state index in [2.05, 4.69) is 12.2 Å². The van der Waals surface area contributed by atoms with Crippen LogP contribution in [0.4, 0.5) is 0 Å². The Morgan fingerprint density at radius 2 is 2.44 bits per heavy atom. The molecule has 1 fully saturated rings. The third-order valence-electron chi connectivity index (χ3n) is 1.80. The second-order valence-corrected chi connectivity index (χ2v) is 2.59. The summed E-state index contributed by atoms with van der Waals surface area (Å²) in [5.74, 6) is 0. The minimum atomic E-state index is -0.421. The van der Waals surface area contributed by atoms with E-state index in [0.717, 1.165) is 13.0 Å². The SMILES string of the molecule is CC[C@H]1CN(C)C(O)N1. The maximum Gasteiger partial charge on any atom is 0.163 e. The molecular formula is C6H14N2O. The highest BCUT2D eigenvalue weighted by Crippen LogP contribution is 2.05. The van der Waals surface area contributed by atoms with E-state index in [1.54, 1.807) is 0 Å². The van der Waals surface area contributed by atoms with Crippen molar-refractivity contribution in [2.45, 2.75) is 25.7 Å². The number of rotatable bonds is 1. The number of hydrogen-bond acceptors (Lipinski definition) is 3. The van der Waals surface area contributed by atoms with Gasteiger partial charge in [0.1, 0.15) is 0 Å². The van der Waals surface area contributed by atoms with E-state index >= 15 is 0 Å². The van der Waals surface area contributed by atoms with Crippen molar-refractivity contribution in [1.82, 2.24) is 10.2 Å². The Bertz CT molecular complexity index is 87.1. The lowest BCUT2D eigenvalue weighted by molar-refractivity contribution is 0.0390. The highest BCUT2D eigenvalue weighted by molar-refractivity contribution is 4.77. The van der Waals surface area contributed by atoms with Gasteiger partial charge in [0.15, 0.2) is 6.35 Å². The fourth-order valence-corrected chi connectivity index (χ4v) is 1.09. The van der Waals surface area contributed by atoms with Crippen LogP contribution in [-0.4, -0.2) is 36.0 Å². The Hall–Kier alpha value is -0.120. The lowest BCUT2D eigenvalue weighted by Crippen LogP contribution is -2.33. The Balaban J connectivity index is 2.35. The van der Waals surface area contributed by atoms with Crippen LogP contribution in [0.2, 0.25) is 0 Å². The van der Waals surface area contributed by atoms with Gasteiger partial charge in [-0.05, 0) is 13.5 Å². The topological polar surface area (TPSA) is 35.5 Å². The molecule has 3 heteroatoms. The van der Waals surface area contributed by atoms with Crippen molar-refractivity contribution in [2.75, 3.05) is 13.6 Å². The summed E-state index contributed by atoms with van der Waals surface area (Å²) in [5, 5.41) is 12.1. The number of nitrogens with one attached hydrogen (secondary N) is 1. The first kappa shape index (κ1) is 6.99. The van der Waals surface area contributed by atoms with Gasteiger partial charge in [0.05, 0.1) is 0 Å². The molecule has 1 heterocycles. The average molecular weight is 130 g/mol. The molecule has 1 saturated heterocycles. The molecule has 0 aromatic heterocycles. The maximum absolute atomic E-state index is 9.11. The van der Waals surface area contributed by atoms with Crippen LogP contribution in [0.5, 0.6) is 0 Å². The first-order valence-corrected chi connectivity index (χ1v) is 3.38. The molecular weight excluding hydrogens is 116 g/mol. The summed E-state index contributed by atoms with van der Waals surface area (Å²) in [6, 6.07) is 0.477. The van der Waals surface area contributed by atoms with Crippen molar-refractivity contribution in [3.63, 3.8) is 0 Å². The van der Waals surface area contributed by atoms with E-state index in [4.69, 9.17) is 5.11 Å². The van der Waals surface area contributed by atoms with Gasteiger partial charge in [0.2, 0.25) is 0 Å². The number of likely N-dealkylation sites (N-methyl/N-ethyl adjacent to an activating group) is 1. The second kappa shape index (κ2) is 2.64. The Labute approximate surface area is 55.7 Å². The van der Waals surface area contributed by atoms with Crippen LogP contribution in [0.15, 0.2) is 0 Å². The summed E-state index contributed by atoms with van der Waals surface area (Å²) in [4.78, 5) is 1.90. The van der Waals surface area contributed by atoms with Crippen molar-refractivity contribution in [3.8, 4) is 0 Å². The number of hydrogen-bond donors (Lipinski definition) is 2. The molecule has 0 radical (unpaired) electrons. The van der Waals surface area contributed by atoms with E-state index in [-0.39, 0.29) is 0 Å². The predicted octanol–water partition coefficient (Wildman–Crippen LogP) is -0.424. The van der Waals surface area contributed by atoms with Crippen LogP contribution >= 0.6 is 0 Å². The van der Waals surface area contributed by atoms with Gasteiger partial charge in [0.25, 0.3) is 0 Å². The number of nitrogens with zero attached hydrogens (tertiary/aromatic N) is 1. The molecule has 0 saturated carbocycles. The molecule has 0 aliphatic carbocycles. The van der Waals surface area contributed by atoms with Crippen molar-refractivity contribution < 1.29 is 5.11 Å². The van der Waals surface area contributed by atoms with E-state index in [1.807, 2.05) is 11.9 Å². The predicted molar refractivity (Wildman–Crippen MR) is 35.9 cm³/mol. The van der Waals surface area contributed by atoms with Gasteiger partial charge < -0.3 is 5.11 Å². The molecule has 0 aromatic carbocycles. The van der Waals surface area contributed by atoms with Crippen LogP contribution in [0, 0.1) is 0 Å². The molecule has 0 spiro atoms. The standard InChI is InChI=1S/C6H14N2O/c1-3-5-4-8(2)6(9)7-5/h5-7,9H,3-4H2,1-2H3/t5-,6?/m0/s1. The first-order valence-electron chi connectivity index (χ1n) is 3.38. The van der Waals surface area contributed by atoms with Crippen molar-refractivity contribution in [2.24, 2.45) is 0 Å². The van der Waals surface area contributed by atoms with Gasteiger partial charge >= 0.3 is 0 Å². The van der Waals surface area contributed by atoms with Crippen LogP contribution in [0.25, 0.3) is 0 Å². The zero-order valence-corrected chi connectivity index (χ0v) is 5.96. The first-order chi connectivity index (χ1) is 4.24. The van der Waals surface area contributed by atoms with Crippen molar-refractivity contribution >= 4 is 0 Å². The lowest BCUT2D eigenvalue weighted by atomic mass is 10.2. The molecule has 0 bridgehead atoms. The van der Waals surface area contributed by atoms with Crippen molar-refractivity contribution in [1.29, 1.82) is 0 Å². The monoisotopic (exact) mass is 130 g/mol.